The first-order valence-corrected chi connectivity index (χ1v) is 8.73. The van der Waals surface area contributed by atoms with Crippen molar-refractivity contribution in [3.63, 3.8) is 0 Å². The Bertz CT molecular complexity index is 274. The van der Waals surface area contributed by atoms with Crippen molar-refractivity contribution in [2.24, 2.45) is 23.5 Å². The van der Waals surface area contributed by atoms with Gasteiger partial charge in [0.25, 0.3) is 0 Å². The minimum atomic E-state index is 0.418. The zero-order chi connectivity index (χ0) is 14.7. The van der Waals surface area contributed by atoms with E-state index in [2.05, 4.69) is 37.5 Å². The van der Waals surface area contributed by atoms with E-state index in [9.17, 15) is 0 Å². The van der Waals surface area contributed by atoms with Gasteiger partial charge in [0, 0.05) is 44.8 Å². The highest BCUT2D eigenvalue weighted by molar-refractivity contribution is 4.88. The van der Waals surface area contributed by atoms with E-state index >= 15 is 0 Å². The lowest BCUT2D eigenvalue weighted by Crippen LogP contribution is -2.53. The third-order valence-corrected chi connectivity index (χ3v) is 5.82. The summed E-state index contributed by atoms with van der Waals surface area (Å²) in [7, 11) is 0. The minimum Gasteiger partial charge on any atom is -0.327 e. The van der Waals surface area contributed by atoms with Gasteiger partial charge in [0.05, 0.1) is 0 Å². The molecular weight excluding hydrogens is 246 g/mol. The Morgan fingerprint density at radius 3 is 2.30 bits per heavy atom. The molecule has 2 rings (SSSR count). The molecule has 0 radical (unpaired) electrons. The molecule has 0 aromatic heterocycles. The van der Waals surface area contributed by atoms with Crippen LogP contribution in [-0.2, 0) is 0 Å². The molecule has 0 spiro atoms. The highest BCUT2D eigenvalue weighted by Gasteiger charge is 2.33. The van der Waals surface area contributed by atoms with Crippen LogP contribution < -0.4 is 5.73 Å². The van der Waals surface area contributed by atoms with Crippen LogP contribution in [0, 0.1) is 17.8 Å². The predicted molar refractivity (Wildman–Crippen MR) is 86.8 cm³/mol. The average Bonchev–Trinajstić information content (AvgIpc) is 2.42. The lowest BCUT2D eigenvalue weighted by atomic mass is 9.72. The van der Waals surface area contributed by atoms with Gasteiger partial charge < -0.3 is 10.6 Å². The average molecular weight is 281 g/mol. The van der Waals surface area contributed by atoms with Gasteiger partial charge in [-0.1, -0.05) is 20.8 Å². The van der Waals surface area contributed by atoms with Crippen LogP contribution in [0.1, 0.15) is 47.0 Å². The maximum Gasteiger partial charge on any atom is 0.0113 e. The van der Waals surface area contributed by atoms with Crippen molar-refractivity contribution in [2.45, 2.75) is 59.0 Å². The molecule has 2 N–H and O–H groups in total. The number of nitrogens with zero attached hydrogens (tertiary/aromatic N) is 2. The molecule has 0 bridgehead atoms. The summed E-state index contributed by atoms with van der Waals surface area (Å²) in [6, 6.07) is 1.16. The van der Waals surface area contributed by atoms with Gasteiger partial charge in [-0.25, -0.2) is 0 Å². The maximum atomic E-state index is 6.44. The van der Waals surface area contributed by atoms with Crippen molar-refractivity contribution in [2.75, 3.05) is 32.7 Å². The Morgan fingerprint density at radius 2 is 1.75 bits per heavy atom. The number of hydrogen-bond donors (Lipinski definition) is 1. The molecule has 5 atom stereocenters. The predicted octanol–water partition coefficient (Wildman–Crippen LogP) is 2.41. The summed E-state index contributed by atoms with van der Waals surface area (Å²) in [6.45, 7) is 15.6. The molecule has 0 aromatic carbocycles. The molecule has 3 heteroatoms. The van der Waals surface area contributed by atoms with E-state index in [-0.39, 0.29) is 0 Å². The van der Waals surface area contributed by atoms with Gasteiger partial charge >= 0.3 is 0 Å². The van der Waals surface area contributed by atoms with E-state index in [0.29, 0.717) is 12.0 Å². The Hall–Kier alpha value is -0.120. The molecule has 5 unspecified atom stereocenters. The summed E-state index contributed by atoms with van der Waals surface area (Å²) < 4.78 is 0. The summed E-state index contributed by atoms with van der Waals surface area (Å²) in [5.74, 6) is 2.32. The van der Waals surface area contributed by atoms with Crippen LogP contribution in [0.3, 0.4) is 0 Å². The van der Waals surface area contributed by atoms with E-state index in [0.717, 1.165) is 17.9 Å². The van der Waals surface area contributed by atoms with Crippen LogP contribution in [0.5, 0.6) is 0 Å². The zero-order valence-electron chi connectivity index (χ0n) is 14.0. The Kier molecular flexibility index (Phi) is 5.88. The Balaban J connectivity index is 1.80. The molecule has 1 heterocycles. The lowest BCUT2D eigenvalue weighted by molar-refractivity contribution is 0.0624. The van der Waals surface area contributed by atoms with Crippen molar-refractivity contribution in [3.8, 4) is 0 Å². The summed E-state index contributed by atoms with van der Waals surface area (Å²) in [5, 5.41) is 0. The summed E-state index contributed by atoms with van der Waals surface area (Å²) >= 11 is 0. The number of hydrogen-bond acceptors (Lipinski definition) is 3. The SMILES string of the molecule is CCC(C)N1CCN(CC2C(C)CC(C)CC2N)CC1. The third-order valence-electron chi connectivity index (χ3n) is 5.82. The molecule has 2 aliphatic rings. The highest BCUT2D eigenvalue weighted by atomic mass is 15.3. The summed E-state index contributed by atoms with van der Waals surface area (Å²) in [4.78, 5) is 5.30. The second kappa shape index (κ2) is 7.24. The topological polar surface area (TPSA) is 32.5 Å². The lowest BCUT2D eigenvalue weighted by Gasteiger charge is -2.43. The van der Waals surface area contributed by atoms with E-state index < -0.39 is 0 Å². The van der Waals surface area contributed by atoms with Crippen molar-refractivity contribution >= 4 is 0 Å². The van der Waals surface area contributed by atoms with Gasteiger partial charge in [-0.15, -0.1) is 0 Å². The molecular formula is C17H35N3. The number of rotatable bonds is 4. The van der Waals surface area contributed by atoms with E-state index in [1.54, 1.807) is 0 Å². The van der Waals surface area contributed by atoms with Gasteiger partial charge in [-0.2, -0.15) is 0 Å². The van der Waals surface area contributed by atoms with Crippen molar-refractivity contribution in [1.82, 2.24) is 9.80 Å². The third kappa shape index (κ3) is 3.96. The molecule has 1 aliphatic heterocycles. The first-order valence-electron chi connectivity index (χ1n) is 8.73. The molecule has 1 saturated heterocycles. The fourth-order valence-corrected chi connectivity index (χ4v) is 4.23. The van der Waals surface area contributed by atoms with Crippen LogP contribution in [-0.4, -0.2) is 54.6 Å². The molecule has 20 heavy (non-hydrogen) atoms. The van der Waals surface area contributed by atoms with E-state index in [4.69, 9.17) is 5.73 Å². The van der Waals surface area contributed by atoms with Crippen LogP contribution in [0.2, 0.25) is 0 Å². The van der Waals surface area contributed by atoms with Gasteiger partial charge in [-0.3, -0.25) is 4.90 Å². The summed E-state index contributed by atoms with van der Waals surface area (Å²) in [6.07, 6.45) is 3.86. The van der Waals surface area contributed by atoms with Crippen molar-refractivity contribution in [3.05, 3.63) is 0 Å². The van der Waals surface area contributed by atoms with Crippen LogP contribution in [0.4, 0.5) is 0 Å². The molecule has 2 fully saturated rings. The Labute approximate surface area is 125 Å². The van der Waals surface area contributed by atoms with Crippen molar-refractivity contribution < 1.29 is 0 Å². The van der Waals surface area contributed by atoms with Gasteiger partial charge in [0.1, 0.15) is 0 Å². The normalized spacial score (nSPS) is 38.9. The fraction of sp³-hybridized carbons (Fsp3) is 1.00. The number of piperazine rings is 1. The highest BCUT2D eigenvalue weighted by Crippen LogP contribution is 2.33. The zero-order valence-corrected chi connectivity index (χ0v) is 14.0. The van der Waals surface area contributed by atoms with E-state index in [1.807, 2.05) is 0 Å². The minimum absolute atomic E-state index is 0.418. The Morgan fingerprint density at radius 1 is 1.10 bits per heavy atom. The van der Waals surface area contributed by atoms with Gasteiger partial charge in [0.2, 0.25) is 0 Å². The molecule has 0 amide bonds. The summed E-state index contributed by atoms with van der Waals surface area (Å²) in [5.41, 5.74) is 6.44. The molecule has 0 aromatic rings. The fourth-order valence-electron chi connectivity index (χ4n) is 4.23. The first-order chi connectivity index (χ1) is 9.51. The quantitative estimate of drug-likeness (QED) is 0.859. The van der Waals surface area contributed by atoms with Crippen LogP contribution in [0.25, 0.3) is 0 Å². The first kappa shape index (κ1) is 16.3. The van der Waals surface area contributed by atoms with Crippen molar-refractivity contribution in [1.29, 1.82) is 0 Å². The molecule has 118 valence electrons. The second-order valence-corrected chi connectivity index (χ2v) is 7.48. The van der Waals surface area contributed by atoms with Crippen LogP contribution in [0.15, 0.2) is 0 Å². The monoisotopic (exact) mass is 281 g/mol. The smallest absolute Gasteiger partial charge is 0.0113 e. The standard InChI is InChI=1S/C17H35N3/c1-5-15(4)20-8-6-19(7-9-20)12-16-14(3)10-13(2)11-17(16)18/h13-17H,5-12,18H2,1-4H3. The molecule has 1 saturated carbocycles. The van der Waals surface area contributed by atoms with Gasteiger partial charge in [-0.05, 0) is 43.9 Å². The van der Waals surface area contributed by atoms with Gasteiger partial charge in [0.15, 0.2) is 0 Å². The molecule has 3 nitrogen and oxygen atoms in total. The molecule has 1 aliphatic carbocycles. The maximum absolute atomic E-state index is 6.44. The largest absolute Gasteiger partial charge is 0.327 e. The number of nitrogens with two attached hydrogens (primary N) is 1. The second-order valence-electron chi connectivity index (χ2n) is 7.48. The van der Waals surface area contributed by atoms with Crippen LogP contribution >= 0.6 is 0 Å². The van der Waals surface area contributed by atoms with E-state index in [1.165, 1.54) is 52.0 Å².